The van der Waals surface area contributed by atoms with Gasteiger partial charge in [-0.05, 0) is 24.1 Å². The van der Waals surface area contributed by atoms with Gasteiger partial charge in [-0.3, -0.25) is 28.1 Å². The van der Waals surface area contributed by atoms with Gasteiger partial charge in [-0.1, -0.05) is 31.7 Å². The number of thioether (sulfide) groups is 1. The molecule has 0 unspecified atom stereocenters. The molecule has 0 bridgehead atoms. The molecular formula is C21H25N7O4S. The van der Waals surface area contributed by atoms with Gasteiger partial charge in [0.1, 0.15) is 17.7 Å². The number of carbonyl (C=O) groups excluding carboxylic acids is 2. The minimum absolute atomic E-state index is 0.0895. The molecule has 0 aliphatic rings. The van der Waals surface area contributed by atoms with Crippen molar-refractivity contribution in [2.45, 2.75) is 32.5 Å². The minimum Gasteiger partial charge on any atom is -0.384 e. The molecule has 0 atom stereocenters. The Morgan fingerprint density at radius 1 is 1.24 bits per heavy atom. The highest BCUT2D eigenvalue weighted by molar-refractivity contribution is 7.99. The van der Waals surface area contributed by atoms with Crippen molar-refractivity contribution in [3.8, 4) is 5.69 Å². The number of hydrogen-bond donors (Lipinski definition) is 2. The third kappa shape index (κ3) is 5.22. The summed E-state index contributed by atoms with van der Waals surface area (Å²) in [6, 6.07) is 7.06. The molecule has 3 aromatic rings. The van der Waals surface area contributed by atoms with Crippen LogP contribution in [0.3, 0.4) is 0 Å². The van der Waals surface area contributed by atoms with Gasteiger partial charge >= 0.3 is 5.69 Å². The average Bonchev–Trinajstić information content (AvgIpc) is 3.22. The van der Waals surface area contributed by atoms with Crippen LogP contribution < -0.4 is 22.3 Å². The summed E-state index contributed by atoms with van der Waals surface area (Å²) in [5.74, 6) is -0.895. The summed E-state index contributed by atoms with van der Waals surface area (Å²) in [7, 11) is 1.32. The van der Waals surface area contributed by atoms with Gasteiger partial charge in [0.15, 0.2) is 10.9 Å². The summed E-state index contributed by atoms with van der Waals surface area (Å²) in [5, 5.41) is 11.1. The van der Waals surface area contributed by atoms with Crippen molar-refractivity contribution in [3.63, 3.8) is 0 Å². The largest absolute Gasteiger partial charge is 0.384 e. The van der Waals surface area contributed by atoms with Crippen LogP contribution in [0.1, 0.15) is 31.1 Å². The number of Topliss-reactive ketones (excluding diaryl/α,β-unsaturated/α-hetero) is 1. The number of nitrogens with zero attached hydrogens (tertiary/aromatic N) is 5. The van der Waals surface area contributed by atoms with Gasteiger partial charge in [-0.2, -0.15) is 0 Å². The molecule has 0 saturated carbocycles. The van der Waals surface area contributed by atoms with Crippen molar-refractivity contribution < 1.29 is 9.59 Å². The van der Waals surface area contributed by atoms with Crippen molar-refractivity contribution in [1.82, 2.24) is 23.9 Å². The Kier molecular flexibility index (Phi) is 7.16. The summed E-state index contributed by atoms with van der Waals surface area (Å²) < 4.78 is 3.80. The molecule has 1 aromatic carbocycles. The number of ketones is 1. The third-order valence-electron chi connectivity index (χ3n) is 4.70. The molecule has 0 aliphatic carbocycles. The van der Waals surface area contributed by atoms with Gasteiger partial charge < -0.3 is 11.1 Å². The van der Waals surface area contributed by atoms with E-state index < -0.39 is 17.0 Å². The van der Waals surface area contributed by atoms with Crippen molar-refractivity contribution in [2.24, 2.45) is 13.0 Å². The zero-order chi connectivity index (χ0) is 24.3. The van der Waals surface area contributed by atoms with E-state index in [-0.39, 0.29) is 35.5 Å². The predicted molar refractivity (Wildman–Crippen MR) is 126 cm³/mol. The molecule has 0 spiro atoms. The zero-order valence-corrected chi connectivity index (χ0v) is 19.5. The first-order chi connectivity index (χ1) is 15.6. The van der Waals surface area contributed by atoms with Crippen LogP contribution in [0.4, 0.5) is 11.5 Å². The highest BCUT2D eigenvalue weighted by atomic mass is 32.2. The number of benzene rings is 1. The molecule has 3 N–H and O–H groups in total. The molecule has 0 aliphatic heterocycles. The second-order valence-electron chi connectivity index (χ2n) is 7.84. The lowest BCUT2D eigenvalue weighted by Crippen LogP contribution is -2.43. The number of nitrogen functional groups attached to an aromatic ring is 1. The first-order valence-electron chi connectivity index (χ1n) is 10.1. The maximum Gasteiger partial charge on any atom is 0.332 e. The van der Waals surface area contributed by atoms with Crippen molar-refractivity contribution in [3.05, 3.63) is 57.0 Å². The van der Waals surface area contributed by atoms with Gasteiger partial charge in [-0.15, -0.1) is 10.2 Å². The molecule has 11 nitrogen and oxygen atoms in total. The normalized spacial score (nSPS) is 11.1. The summed E-state index contributed by atoms with van der Waals surface area (Å²) in [6.07, 6.45) is 1.48. The second kappa shape index (κ2) is 9.86. The summed E-state index contributed by atoms with van der Waals surface area (Å²) >= 11 is 1.08. The van der Waals surface area contributed by atoms with Gasteiger partial charge in [-0.25, -0.2) is 4.79 Å². The maximum absolute atomic E-state index is 13.0. The van der Waals surface area contributed by atoms with Crippen molar-refractivity contribution >= 4 is 35.0 Å². The van der Waals surface area contributed by atoms with Crippen LogP contribution in [0, 0.1) is 5.92 Å². The first-order valence-corrected chi connectivity index (χ1v) is 11.1. The van der Waals surface area contributed by atoms with Crippen LogP contribution in [0.5, 0.6) is 0 Å². The Bertz CT molecular complexity index is 1320. The molecule has 12 heteroatoms. The number of nitrogens with one attached hydrogen (secondary N) is 1. The van der Waals surface area contributed by atoms with E-state index in [1.807, 2.05) is 13.8 Å². The molecule has 3 rings (SSSR count). The molecular weight excluding hydrogens is 446 g/mol. The number of nitrogens with two attached hydrogens (primary N) is 1. The van der Waals surface area contributed by atoms with E-state index in [9.17, 15) is 19.2 Å². The van der Waals surface area contributed by atoms with Crippen molar-refractivity contribution in [1.29, 1.82) is 0 Å². The van der Waals surface area contributed by atoms with Gasteiger partial charge in [0.25, 0.3) is 5.56 Å². The van der Waals surface area contributed by atoms with Gasteiger partial charge in [0, 0.05) is 26.2 Å². The fourth-order valence-corrected chi connectivity index (χ4v) is 4.03. The van der Waals surface area contributed by atoms with E-state index in [0.717, 1.165) is 16.3 Å². The molecule has 2 heterocycles. The topological polar surface area (TPSA) is 147 Å². The number of aromatic nitrogens is 5. The SMILES string of the molecule is CC(=O)Nc1cccc(-n2cnnc2SCC(=O)c2c(N)n(CC(C)C)c(=O)n(C)c2=O)c1. The monoisotopic (exact) mass is 471 g/mol. The highest BCUT2D eigenvalue weighted by Gasteiger charge is 2.22. The molecule has 0 saturated heterocycles. The minimum atomic E-state index is -0.729. The van der Waals surface area contributed by atoms with Crippen LogP contribution in [0.25, 0.3) is 5.69 Å². The van der Waals surface area contributed by atoms with Crippen LogP contribution in [-0.4, -0.2) is 41.3 Å². The van der Waals surface area contributed by atoms with E-state index >= 15 is 0 Å². The average molecular weight is 472 g/mol. The lowest BCUT2D eigenvalue weighted by molar-refractivity contribution is -0.114. The quantitative estimate of drug-likeness (QED) is 0.369. The van der Waals surface area contributed by atoms with E-state index in [1.165, 1.54) is 24.9 Å². The first kappa shape index (κ1) is 24.0. The van der Waals surface area contributed by atoms with Crippen LogP contribution >= 0.6 is 11.8 Å². The van der Waals surface area contributed by atoms with E-state index in [0.29, 0.717) is 16.5 Å². The number of anilines is 2. The fraction of sp³-hybridized carbons (Fsp3) is 0.333. The Hall–Kier alpha value is -3.67. The van der Waals surface area contributed by atoms with Crippen LogP contribution in [0.15, 0.2) is 45.3 Å². The fourth-order valence-electron chi connectivity index (χ4n) is 3.23. The third-order valence-corrected chi connectivity index (χ3v) is 5.65. The Balaban J connectivity index is 1.87. The number of carbonyl (C=O) groups is 2. The predicted octanol–water partition coefficient (Wildman–Crippen LogP) is 1.30. The van der Waals surface area contributed by atoms with E-state index in [1.54, 1.807) is 28.8 Å². The number of rotatable bonds is 8. The second-order valence-corrected chi connectivity index (χ2v) is 8.78. The lowest BCUT2D eigenvalue weighted by Gasteiger charge is -2.16. The van der Waals surface area contributed by atoms with Crippen LogP contribution in [-0.2, 0) is 18.4 Å². The standard InChI is InChI=1S/C21H25N7O4S/c1-12(2)9-27-18(22)17(19(31)26(4)21(27)32)16(30)10-33-20-25-23-11-28(20)15-7-5-6-14(8-15)24-13(3)29/h5-8,11-12H,9-10,22H2,1-4H3,(H,24,29). The Morgan fingerprint density at radius 2 is 1.97 bits per heavy atom. The lowest BCUT2D eigenvalue weighted by atomic mass is 10.2. The Labute approximate surface area is 193 Å². The molecule has 174 valence electrons. The van der Waals surface area contributed by atoms with E-state index in [2.05, 4.69) is 15.5 Å². The van der Waals surface area contributed by atoms with Gasteiger partial charge in [0.05, 0.1) is 11.4 Å². The molecule has 0 fully saturated rings. The molecule has 0 radical (unpaired) electrons. The maximum atomic E-state index is 13.0. The summed E-state index contributed by atoms with van der Waals surface area (Å²) in [5.41, 5.74) is 5.86. The zero-order valence-electron chi connectivity index (χ0n) is 18.7. The number of hydrogen-bond acceptors (Lipinski definition) is 8. The summed E-state index contributed by atoms with van der Waals surface area (Å²) in [4.78, 5) is 49.4. The van der Waals surface area contributed by atoms with Gasteiger partial charge in [0.2, 0.25) is 5.91 Å². The molecule has 33 heavy (non-hydrogen) atoms. The summed E-state index contributed by atoms with van der Waals surface area (Å²) in [6.45, 7) is 5.51. The van der Waals surface area contributed by atoms with Crippen molar-refractivity contribution in [2.75, 3.05) is 16.8 Å². The molecule has 1 amide bonds. The smallest absolute Gasteiger partial charge is 0.332 e. The van der Waals surface area contributed by atoms with E-state index in [4.69, 9.17) is 5.73 Å². The van der Waals surface area contributed by atoms with Crippen LogP contribution in [0.2, 0.25) is 0 Å². The number of amides is 1. The highest BCUT2D eigenvalue weighted by Crippen LogP contribution is 2.23. The molecule has 2 aromatic heterocycles. The Morgan fingerprint density at radius 3 is 2.64 bits per heavy atom.